The topological polar surface area (TPSA) is 75.7 Å². The summed E-state index contributed by atoms with van der Waals surface area (Å²) in [7, 11) is -4.14. The molecule has 0 aromatic heterocycles. The molecule has 0 radical (unpaired) electrons. The quantitative estimate of drug-likeness (QED) is 0.762. The van der Waals surface area contributed by atoms with E-state index in [1.807, 2.05) is 6.92 Å². The normalized spacial score (nSPS) is 17.2. The van der Waals surface area contributed by atoms with Crippen molar-refractivity contribution in [2.24, 2.45) is 5.92 Å². The van der Waals surface area contributed by atoms with Gasteiger partial charge in [0.15, 0.2) is 0 Å². The Morgan fingerprint density at radius 3 is 2.54 bits per heavy atom. The first kappa shape index (κ1) is 20.2. The highest BCUT2D eigenvalue weighted by Gasteiger charge is 2.32. The minimum Gasteiger partial charge on any atom is -0.494 e. The molecule has 2 aromatic rings. The van der Waals surface area contributed by atoms with Crippen molar-refractivity contribution in [2.75, 3.05) is 24.6 Å². The number of carbonyl (C=O) groups excluding carboxylic acids is 1. The number of anilines is 1. The van der Waals surface area contributed by atoms with Gasteiger partial charge in [-0.3, -0.25) is 4.79 Å². The molecule has 1 aliphatic rings. The first-order valence-corrected chi connectivity index (χ1v) is 10.3. The van der Waals surface area contributed by atoms with E-state index in [1.54, 1.807) is 29.2 Å². The molecular weight excluding hydrogens is 390 g/mol. The molecule has 1 aliphatic heterocycles. The molecule has 1 fully saturated rings. The average molecular weight is 410 g/mol. The molecular formula is C19H20F2N2O4S. The van der Waals surface area contributed by atoms with Crippen LogP contribution in [-0.2, 0) is 14.8 Å². The van der Waals surface area contributed by atoms with Gasteiger partial charge >= 0.3 is 0 Å². The maximum absolute atomic E-state index is 13.7. The molecule has 0 aliphatic carbocycles. The lowest BCUT2D eigenvalue weighted by Gasteiger charge is -2.17. The van der Waals surface area contributed by atoms with Gasteiger partial charge < -0.3 is 9.64 Å². The summed E-state index contributed by atoms with van der Waals surface area (Å²) >= 11 is 0. The lowest BCUT2D eigenvalue weighted by molar-refractivity contribution is -0.117. The number of ether oxygens (including phenoxy) is 1. The minimum atomic E-state index is -4.14. The van der Waals surface area contributed by atoms with Gasteiger partial charge in [0.1, 0.15) is 22.3 Å². The van der Waals surface area contributed by atoms with E-state index in [9.17, 15) is 22.0 Å². The molecule has 1 heterocycles. The van der Waals surface area contributed by atoms with Gasteiger partial charge in [-0.05, 0) is 49.2 Å². The van der Waals surface area contributed by atoms with E-state index in [-0.39, 0.29) is 24.8 Å². The standard InChI is InChI=1S/C19H20F2N2O4S/c1-2-27-16-6-4-15(5-7-16)23-12-13(9-19(23)24)11-22-28(25,26)18-8-3-14(20)10-17(18)21/h3-8,10,13,22H,2,9,11-12H2,1H3. The fourth-order valence-corrected chi connectivity index (χ4v) is 4.23. The summed E-state index contributed by atoms with van der Waals surface area (Å²) in [6.45, 7) is 2.72. The zero-order valence-corrected chi connectivity index (χ0v) is 16.0. The van der Waals surface area contributed by atoms with Gasteiger partial charge in [0.05, 0.1) is 6.61 Å². The third-order valence-corrected chi connectivity index (χ3v) is 5.87. The third kappa shape index (κ3) is 4.48. The van der Waals surface area contributed by atoms with Crippen molar-refractivity contribution in [1.29, 1.82) is 0 Å². The molecule has 1 amide bonds. The number of amides is 1. The highest BCUT2D eigenvalue weighted by atomic mass is 32.2. The molecule has 150 valence electrons. The van der Waals surface area contributed by atoms with Gasteiger partial charge in [0.2, 0.25) is 15.9 Å². The maximum Gasteiger partial charge on any atom is 0.243 e. The number of rotatable bonds is 7. The van der Waals surface area contributed by atoms with Gasteiger partial charge in [0, 0.05) is 31.3 Å². The van der Waals surface area contributed by atoms with Crippen molar-refractivity contribution in [2.45, 2.75) is 18.2 Å². The zero-order valence-electron chi connectivity index (χ0n) is 15.2. The summed E-state index contributed by atoms with van der Waals surface area (Å²) in [5, 5.41) is 0. The van der Waals surface area contributed by atoms with Crippen LogP contribution in [0, 0.1) is 17.6 Å². The Kier molecular flexibility index (Phi) is 5.95. The third-order valence-electron chi connectivity index (χ3n) is 4.41. The summed E-state index contributed by atoms with van der Waals surface area (Å²) in [6, 6.07) is 9.33. The Labute approximate surface area is 162 Å². The van der Waals surface area contributed by atoms with Crippen molar-refractivity contribution in [1.82, 2.24) is 4.72 Å². The lowest BCUT2D eigenvalue weighted by Crippen LogP contribution is -2.31. The van der Waals surface area contributed by atoms with E-state index in [0.717, 1.165) is 12.1 Å². The van der Waals surface area contributed by atoms with Crippen LogP contribution < -0.4 is 14.4 Å². The summed E-state index contributed by atoms with van der Waals surface area (Å²) < 4.78 is 58.9. The van der Waals surface area contributed by atoms with E-state index >= 15 is 0 Å². The summed E-state index contributed by atoms with van der Waals surface area (Å²) in [4.78, 5) is 13.3. The van der Waals surface area contributed by atoms with Crippen LogP contribution in [0.5, 0.6) is 5.75 Å². The van der Waals surface area contributed by atoms with E-state index in [2.05, 4.69) is 4.72 Å². The number of nitrogens with one attached hydrogen (secondary N) is 1. The van der Waals surface area contributed by atoms with E-state index in [1.165, 1.54) is 0 Å². The second-order valence-electron chi connectivity index (χ2n) is 6.43. The summed E-state index contributed by atoms with van der Waals surface area (Å²) in [6.07, 6.45) is 0.168. The molecule has 0 bridgehead atoms. The maximum atomic E-state index is 13.7. The fourth-order valence-electron chi connectivity index (χ4n) is 3.06. The Bertz CT molecular complexity index is 964. The lowest BCUT2D eigenvalue weighted by atomic mass is 10.1. The first-order valence-electron chi connectivity index (χ1n) is 8.78. The Hall–Kier alpha value is -2.52. The smallest absolute Gasteiger partial charge is 0.243 e. The Balaban J connectivity index is 1.64. The number of carbonyl (C=O) groups is 1. The van der Waals surface area contributed by atoms with Crippen LogP contribution in [0.15, 0.2) is 47.4 Å². The van der Waals surface area contributed by atoms with Crippen molar-refractivity contribution in [3.05, 3.63) is 54.1 Å². The number of benzene rings is 2. The highest BCUT2D eigenvalue weighted by molar-refractivity contribution is 7.89. The highest BCUT2D eigenvalue weighted by Crippen LogP contribution is 2.27. The average Bonchev–Trinajstić information content (AvgIpc) is 3.01. The van der Waals surface area contributed by atoms with Crippen molar-refractivity contribution >= 4 is 21.6 Å². The van der Waals surface area contributed by atoms with Crippen LogP contribution in [0.3, 0.4) is 0 Å². The molecule has 1 unspecified atom stereocenters. The molecule has 6 nitrogen and oxygen atoms in total. The minimum absolute atomic E-state index is 0.0293. The molecule has 1 atom stereocenters. The van der Waals surface area contributed by atoms with Crippen LogP contribution in [0.2, 0.25) is 0 Å². The first-order chi connectivity index (χ1) is 13.3. The second-order valence-corrected chi connectivity index (χ2v) is 8.16. The monoisotopic (exact) mass is 410 g/mol. The SMILES string of the molecule is CCOc1ccc(N2CC(CNS(=O)(=O)c3ccc(F)cc3F)CC2=O)cc1. The molecule has 1 N–H and O–H groups in total. The number of nitrogens with zero attached hydrogens (tertiary/aromatic N) is 1. The summed E-state index contributed by atoms with van der Waals surface area (Å²) in [5.74, 6) is -1.71. The Morgan fingerprint density at radius 2 is 1.89 bits per heavy atom. The number of hydrogen-bond donors (Lipinski definition) is 1. The molecule has 9 heteroatoms. The van der Waals surface area contributed by atoms with Gasteiger partial charge in [-0.15, -0.1) is 0 Å². The molecule has 28 heavy (non-hydrogen) atoms. The van der Waals surface area contributed by atoms with Crippen molar-refractivity contribution in [3.63, 3.8) is 0 Å². The van der Waals surface area contributed by atoms with E-state index in [4.69, 9.17) is 4.74 Å². The van der Waals surface area contributed by atoms with Crippen molar-refractivity contribution in [3.8, 4) is 5.75 Å². The number of hydrogen-bond acceptors (Lipinski definition) is 4. The van der Waals surface area contributed by atoms with E-state index < -0.39 is 26.6 Å². The van der Waals surface area contributed by atoms with Gasteiger partial charge in [0.25, 0.3) is 0 Å². The largest absolute Gasteiger partial charge is 0.494 e. The molecule has 2 aromatic carbocycles. The van der Waals surface area contributed by atoms with Crippen LogP contribution in [0.4, 0.5) is 14.5 Å². The molecule has 1 saturated heterocycles. The van der Waals surface area contributed by atoms with Crippen molar-refractivity contribution < 1.29 is 26.7 Å². The predicted molar refractivity (Wildman–Crippen MR) is 99.6 cm³/mol. The van der Waals surface area contributed by atoms with Gasteiger partial charge in [-0.2, -0.15) is 0 Å². The number of sulfonamides is 1. The second kappa shape index (κ2) is 8.24. The molecule has 3 rings (SSSR count). The molecule has 0 saturated carbocycles. The fraction of sp³-hybridized carbons (Fsp3) is 0.316. The zero-order chi connectivity index (χ0) is 20.3. The predicted octanol–water partition coefficient (Wildman–Crippen LogP) is 2.69. The Morgan fingerprint density at radius 1 is 1.18 bits per heavy atom. The van der Waals surface area contributed by atoms with E-state index in [0.29, 0.717) is 30.7 Å². The van der Waals surface area contributed by atoms with Crippen LogP contribution in [-0.4, -0.2) is 34.0 Å². The van der Waals surface area contributed by atoms with Crippen LogP contribution in [0.1, 0.15) is 13.3 Å². The molecule has 0 spiro atoms. The van der Waals surface area contributed by atoms with Gasteiger partial charge in [-0.1, -0.05) is 0 Å². The van der Waals surface area contributed by atoms with Crippen LogP contribution in [0.25, 0.3) is 0 Å². The van der Waals surface area contributed by atoms with Gasteiger partial charge in [-0.25, -0.2) is 21.9 Å². The van der Waals surface area contributed by atoms with Crippen LogP contribution >= 0.6 is 0 Å². The number of halogens is 2. The summed E-state index contributed by atoms with van der Waals surface area (Å²) in [5.41, 5.74) is 0.698.